The molecule has 2 rings (SSSR count). The lowest BCUT2D eigenvalue weighted by atomic mass is 9.83. The summed E-state index contributed by atoms with van der Waals surface area (Å²) >= 11 is 8.06. The van der Waals surface area contributed by atoms with Crippen LogP contribution in [0.3, 0.4) is 0 Å². The molecular formula is C15H18ClNS. The van der Waals surface area contributed by atoms with Crippen molar-refractivity contribution in [2.24, 2.45) is 11.8 Å². The molecule has 18 heavy (non-hydrogen) atoms. The second kappa shape index (κ2) is 6.50. The van der Waals surface area contributed by atoms with E-state index in [9.17, 15) is 5.26 Å². The van der Waals surface area contributed by atoms with Crippen LogP contribution in [0.4, 0.5) is 0 Å². The lowest BCUT2D eigenvalue weighted by Crippen LogP contribution is -2.25. The summed E-state index contributed by atoms with van der Waals surface area (Å²) in [6, 6.07) is 10.5. The summed E-state index contributed by atoms with van der Waals surface area (Å²) in [7, 11) is 0. The molecule has 3 unspecified atom stereocenters. The van der Waals surface area contributed by atoms with Crippen molar-refractivity contribution in [3.8, 4) is 6.07 Å². The average molecular weight is 280 g/mol. The molecule has 0 aromatic heterocycles. The predicted octanol–water partition coefficient (Wildman–Crippen LogP) is 4.90. The van der Waals surface area contributed by atoms with Crippen molar-refractivity contribution in [3.63, 3.8) is 0 Å². The maximum Gasteiger partial charge on any atom is 0.0667 e. The molecule has 0 radical (unpaired) electrons. The van der Waals surface area contributed by atoms with Crippen LogP contribution in [0.15, 0.2) is 24.3 Å². The Morgan fingerprint density at radius 3 is 2.89 bits per heavy atom. The Morgan fingerprint density at radius 1 is 1.39 bits per heavy atom. The molecule has 0 amide bonds. The molecule has 1 fully saturated rings. The Kier molecular flexibility index (Phi) is 4.97. The lowest BCUT2D eigenvalue weighted by Gasteiger charge is -2.30. The molecule has 0 N–H and O–H groups in total. The van der Waals surface area contributed by atoms with Gasteiger partial charge in [-0.3, -0.25) is 0 Å². The molecule has 1 aliphatic rings. The summed E-state index contributed by atoms with van der Waals surface area (Å²) in [5.41, 5.74) is 1.18. The third-order valence-corrected chi connectivity index (χ3v) is 5.43. The van der Waals surface area contributed by atoms with Gasteiger partial charge in [0, 0.05) is 16.0 Å². The van der Waals surface area contributed by atoms with E-state index in [0.717, 1.165) is 29.5 Å². The molecule has 1 aromatic rings. The van der Waals surface area contributed by atoms with Gasteiger partial charge in [-0.2, -0.15) is 17.0 Å². The summed E-state index contributed by atoms with van der Waals surface area (Å²) in [4.78, 5) is 0. The molecule has 1 saturated carbocycles. The molecule has 96 valence electrons. The molecule has 0 bridgehead atoms. The molecule has 0 heterocycles. The van der Waals surface area contributed by atoms with E-state index in [-0.39, 0.29) is 5.92 Å². The summed E-state index contributed by atoms with van der Waals surface area (Å²) in [5.74, 6) is 1.88. The van der Waals surface area contributed by atoms with Gasteiger partial charge in [0.05, 0.1) is 12.0 Å². The van der Waals surface area contributed by atoms with E-state index in [4.69, 9.17) is 11.6 Å². The maximum atomic E-state index is 9.21. The molecule has 1 aromatic carbocycles. The zero-order chi connectivity index (χ0) is 13.0. The van der Waals surface area contributed by atoms with E-state index in [1.165, 1.54) is 12.0 Å². The summed E-state index contributed by atoms with van der Waals surface area (Å²) in [6.45, 7) is 2.29. The number of rotatable bonds is 3. The van der Waals surface area contributed by atoms with E-state index in [2.05, 4.69) is 19.1 Å². The Balaban J connectivity index is 1.96. The van der Waals surface area contributed by atoms with Crippen molar-refractivity contribution in [2.45, 2.75) is 37.2 Å². The van der Waals surface area contributed by atoms with Gasteiger partial charge < -0.3 is 0 Å². The third-order valence-electron chi connectivity index (χ3n) is 3.63. The second-order valence-corrected chi connectivity index (χ2v) is 6.73. The summed E-state index contributed by atoms with van der Waals surface area (Å²) in [5, 5.41) is 10.5. The van der Waals surface area contributed by atoms with E-state index in [1.54, 1.807) is 0 Å². The van der Waals surface area contributed by atoms with Crippen LogP contribution in [0, 0.1) is 23.2 Å². The minimum atomic E-state index is 0.216. The van der Waals surface area contributed by atoms with Crippen molar-refractivity contribution in [1.29, 1.82) is 5.26 Å². The third kappa shape index (κ3) is 3.43. The fourth-order valence-corrected chi connectivity index (χ4v) is 4.29. The van der Waals surface area contributed by atoms with Gasteiger partial charge in [0.15, 0.2) is 0 Å². The quantitative estimate of drug-likeness (QED) is 0.786. The van der Waals surface area contributed by atoms with Crippen LogP contribution in [0.5, 0.6) is 0 Å². The minimum absolute atomic E-state index is 0.216. The van der Waals surface area contributed by atoms with Crippen molar-refractivity contribution in [1.82, 2.24) is 0 Å². The van der Waals surface area contributed by atoms with Gasteiger partial charge in [-0.1, -0.05) is 36.7 Å². The molecule has 0 saturated heterocycles. The predicted molar refractivity (Wildman–Crippen MR) is 78.7 cm³/mol. The molecule has 0 aliphatic heterocycles. The smallest absolute Gasteiger partial charge is 0.0667 e. The molecule has 1 nitrogen and oxygen atoms in total. The molecular weight excluding hydrogens is 262 g/mol. The van der Waals surface area contributed by atoms with Crippen LogP contribution in [0.1, 0.15) is 31.7 Å². The van der Waals surface area contributed by atoms with Crippen LogP contribution < -0.4 is 0 Å². The summed E-state index contributed by atoms with van der Waals surface area (Å²) in [6.07, 6.45) is 3.41. The molecule has 1 aliphatic carbocycles. The number of hydrogen-bond acceptors (Lipinski definition) is 2. The monoisotopic (exact) mass is 279 g/mol. The number of halogens is 1. The largest absolute Gasteiger partial charge is 0.198 e. The van der Waals surface area contributed by atoms with Gasteiger partial charge in [0.25, 0.3) is 0 Å². The van der Waals surface area contributed by atoms with Crippen molar-refractivity contribution >= 4 is 23.4 Å². The fourth-order valence-electron chi connectivity index (χ4n) is 2.47. The Labute approximate surface area is 119 Å². The highest BCUT2D eigenvalue weighted by Crippen LogP contribution is 2.38. The molecule has 0 spiro atoms. The van der Waals surface area contributed by atoms with E-state index < -0.39 is 0 Å². The summed E-state index contributed by atoms with van der Waals surface area (Å²) < 4.78 is 0. The van der Waals surface area contributed by atoms with Gasteiger partial charge in [-0.15, -0.1) is 0 Å². The first-order valence-electron chi connectivity index (χ1n) is 6.45. The van der Waals surface area contributed by atoms with Crippen LogP contribution in [-0.4, -0.2) is 5.25 Å². The number of benzene rings is 1. The topological polar surface area (TPSA) is 23.8 Å². The van der Waals surface area contributed by atoms with Crippen molar-refractivity contribution in [2.75, 3.05) is 0 Å². The normalized spacial score (nSPS) is 27.7. The Bertz CT molecular complexity index is 440. The van der Waals surface area contributed by atoms with Crippen LogP contribution in [0.2, 0.25) is 5.02 Å². The van der Waals surface area contributed by atoms with Gasteiger partial charge in [0.1, 0.15) is 0 Å². The van der Waals surface area contributed by atoms with Gasteiger partial charge in [-0.25, -0.2) is 0 Å². The first-order valence-corrected chi connectivity index (χ1v) is 7.88. The number of nitrogens with zero attached hydrogens (tertiary/aromatic N) is 1. The van der Waals surface area contributed by atoms with E-state index >= 15 is 0 Å². The Morgan fingerprint density at radius 2 is 2.17 bits per heavy atom. The van der Waals surface area contributed by atoms with E-state index in [0.29, 0.717) is 5.25 Å². The highest BCUT2D eigenvalue weighted by Gasteiger charge is 2.28. The first kappa shape index (κ1) is 13.8. The number of nitriles is 1. The first-order chi connectivity index (χ1) is 8.70. The second-order valence-electron chi connectivity index (χ2n) is 5.09. The zero-order valence-electron chi connectivity index (χ0n) is 10.6. The number of thioether (sulfide) groups is 1. The lowest BCUT2D eigenvalue weighted by molar-refractivity contribution is 0.345. The Hall–Kier alpha value is -0.650. The minimum Gasteiger partial charge on any atom is -0.198 e. The standard InChI is InChI=1S/C15H18ClNS/c1-11-6-7-12(9-17)15(8-11)18-10-13-4-2-3-5-14(13)16/h2-5,11-12,15H,6-8,10H2,1H3. The van der Waals surface area contributed by atoms with Crippen LogP contribution in [-0.2, 0) is 5.75 Å². The van der Waals surface area contributed by atoms with Gasteiger partial charge in [-0.05, 0) is 36.8 Å². The van der Waals surface area contributed by atoms with Gasteiger partial charge in [0.2, 0.25) is 0 Å². The number of hydrogen-bond donors (Lipinski definition) is 0. The fraction of sp³-hybridized carbons (Fsp3) is 0.533. The molecule has 3 atom stereocenters. The zero-order valence-corrected chi connectivity index (χ0v) is 12.2. The van der Waals surface area contributed by atoms with Crippen molar-refractivity contribution in [3.05, 3.63) is 34.9 Å². The average Bonchev–Trinajstić information content (AvgIpc) is 2.38. The van der Waals surface area contributed by atoms with E-state index in [1.807, 2.05) is 30.0 Å². The molecule has 3 heteroatoms. The van der Waals surface area contributed by atoms with Gasteiger partial charge >= 0.3 is 0 Å². The maximum absolute atomic E-state index is 9.21. The van der Waals surface area contributed by atoms with Crippen molar-refractivity contribution < 1.29 is 0 Å². The SMILES string of the molecule is CC1CCC(C#N)C(SCc2ccccc2Cl)C1. The highest BCUT2D eigenvalue weighted by atomic mass is 35.5. The highest BCUT2D eigenvalue weighted by molar-refractivity contribution is 7.99. The van der Waals surface area contributed by atoms with Crippen LogP contribution >= 0.6 is 23.4 Å². The van der Waals surface area contributed by atoms with Crippen LogP contribution in [0.25, 0.3) is 0 Å².